The molecule has 0 saturated carbocycles. The number of carbonyl (C=O) groups excluding carboxylic acids is 6. The Morgan fingerprint density at radius 1 is 0.466 bits per heavy atom. The Labute approximate surface area is 387 Å². The Balaban J connectivity index is -0.000000118. The minimum atomic E-state index is -1.36. The predicted octanol–water partition coefficient (Wildman–Crippen LogP) is 1.79. The number of hydrogen-bond acceptors (Lipinski definition) is 12. The first-order valence-corrected chi connectivity index (χ1v) is 19.2. The average Bonchev–Trinajstić information content (AvgIpc) is 3.08. The molecule has 0 saturated heterocycles. The first kappa shape index (κ1) is 70.2. The second-order valence-electron chi connectivity index (χ2n) is 14.8. The minimum Gasteiger partial charge on any atom is -0.550 e. The quantitative estimate of drug-likeness (QED) is 0.112. The fourth-order valence-electron chi connectivity index (χ4n) is 5.41. The van der Waals surface area contributed by atoms with Crippen molar-refractivity contribution in [3.63, 3.8) is 0 Å². The van der Waals surface area contributed by atoms with Crippen molar-refractivity contribution in [2.24, 2.45) is 58.7 Å². The van der Waals surface area contributed by atoms with E-state index in [2.05, 4.69) is 38.2 Å². The van der Waals surface area contributed by atoms with Crippen molar-refractivity contribution in [3.05, 3.63) is 48.6 Å². The molecule has 0 aliphatic carbocycles. The Morgan fingerprint density at radius 2 is 0.759 bits per heavy atom. The van der Waals surface area contributed by atoms with Gasteiger partial charge in [-0.05, 0) is 68.1 Å². The third kappa shape index (κ3) is 35.6. The molecule has 0 fully saturated rings. The van der Waals surface area contributed by atoms with Gasteiger partial charge in [-0.1, -0.05) is 139 Å². The van der Waals surface area contributed by atoms with Gasteiger partial charge in [0.25, 0.3) is 0 Å². The zero-order valence-corrected chi connectivity index (χ0v) is 46.5. The summed E-state index contributed by atoms with van der Waals surface area (Å²) in [5.74, 6) is -12.0. The number of allylic oxidation sites excluding steroid dienone is 8. The van der Waals surface area contributed by atoms with Crippen molar-refractivity contribution >= 4 is 35.8 Å². The fourth-order valence-corrected chi connectivity index (χ4v) is 5.41. The average molecular weight is 973 g/mol. The first-order chi connectivity index (χ1) is 25.3. The van der Waals surface area contributed by atoms with Crippen LogP contribution < -0.4 is 30.6 Å². The summed E-state index contributed by atoms with van der Waals surface area (Å²) in [6, 6.07) is 0. The summed E-state index contributed by atoms with van der Waals surface area (Å²) in [6.45, 7) is 23.1. The molecule has 0 spiro atoms. The van der Waals surface area contributed by atoms with E-state index < -0.39 is 64.9 Å². The third-order valence-corrected chi connectivity index (χ3v) is 8.76. The molecule has 0 radical (unpaired) electrons. The second-order valence-corrected chi connectivity index (χ2v) is 14.8. The molecule has 15 heteroatoms. The van der Waals surface area contributed by atoms with Gasteiger partial charge in [0.1, 0.15) is 0 Å². The summed E-state index contributed by atoms with van der Waals surface area (Å²) in [7, 11) is 0. The molecule has 12 nitrogen and oxygen atoms in total. The van der Waals surface area contributed by atoms with Crippen LogP contribution in [0.5, 0.6) is 0 Å². The normalized spacial score (nSPS) is 15.6. The Bertz CT molecular complexity index is 1210. The summed E-state index contributed by atoms with van der Waals surface area (Å²) in [5, 5.41) is 63.9. The molecule has 0 aromatic heterocycles. The van der Waals surface area contributed by atoms with Gasteiger partial charge in [-0.2, -0.15) is 0 Å². The fraction of sp³-hybridized carbons (Fsp3) is 0.674. The molecule has 9 atom stereocenters. The van der Waals surface area contributed by atoms with Gasteiger partial charge < -0.3 is 59.4 Å². The van der Waals surface area contributed by atoms with Crippen molar-refractivity contribution in [3.8, 4) is 0 Å². The number of carboxylic acid groups (broad SMARTS) is 6. The summed E-state index contributed by atoms with van der Waals surface area (Å²) in [4.78, 5) is 63.9. The van der Waals surface area contributed by atoms with Crippen molar-refractivity contribution < 1.29 is 118 Å². The molecular weight excluding hydrogens is 905 g/mol. The maximum Gasteiger partial charge on any atom is 0.0470 e. The van der Waals surface area contributed by atoms with Gasteiger partial charge in [-0.3, -0.25) is 0 Å². The van der Waals surface area contributed by atoms with Crippen LogP contribution in [0.15, 0.2) is 48.6 Å². The maximum absolute atomic E-state index is 10.8. The summed E-state index contributed by atoms with van der Waals surface area (Å²) >= 11 is 0. The number of rotatable bonds is 22. The molecule has 0 aliphatic rings. The van der Waals surface area contributed by atoms with Gasteiger partial charge in [0.15, 0.2) is 0 Å². The van der Waals surface area contributed by atoms with Crippen LogP contribution in [0, 0.1) is 58.7 Å². The van der Waals surface area contributed by atoms with E-state index in [1.807, 2.05) is 39.8 Å². The van der Waals surface area contributed by atoms with E-state index in [-0.39, 0.29) is 76.2 Å². The Morgan fingerprint density at radius 3 is 1.00 bits per heavy atom. The van der Waals surface area contributed by atoms with Crippen molar-refractivity contribution in [1.82, 2.24) is 0 Å². The van der Waals surface area contributed by atoms with Crippen molar-refractivity contribution in [1.29, 1.82) is 0 Å². The van der Waals surface area contributed by atoms with E-state index >= 15 is 0 Å². The van der Waals surface area contributed by atoms with Crippen LogP contribution >= 0.6 is 0 Å². The predicted molar refractivity (Wildman–Crippen MR) is 202 cm³/mol. The smallest absolute Gasteiger partial charge is 0.0470 e. The topological polar surface area (TPSA) is 241 Å². The standard InChI is InChI=1S/2C11H18O4.C11H20O2.C10H18O2.3Zn/c2*1-4-5-6-7(2)9(11(14)15)8(3)10(12)13;1-5-6-7-9(2)8-11(3,4)10(12)13;1-4-5-6-8(2)7-9(3)10(11)12;;;/h2*5-9H,4H2,1-3H3,(H,12,13)(H,14,15);6-7,9H,5,8H2,1-4H3,(H,12,13);5-6,8-9H,4,7H2,1-3H3,(H,11,12);;;/p-6. The van der Waals surface area contributed by atoms with Crippen LogP contribution in [0.3, 0.4) is 0 Å². The molecule has 0 aromatic rings. The molecule has 0 aromatic carbocycles. The Kier molecular flexibility index (Phi) is 48.5. The molecule has 9 unspecified atom stereocenters. The summed E-state index contributed by atoms with van der Waals surface area (Å²) < 4.78 is 0. The summed E-state index contributed by atoms with van der Waals surface area (Å²) in [6.07, 6.45) is 20.1. The van der Waals surface area contributed by atoms with Gasteiger partial charge >= 0.3 is 0 Å². The molecule has 58 heavy (non-hydrogen) atoms. The van der Waals surface area contributed by atoms with Crippen LogP contribution in [0.25, 0.3) is 0 Å². The van der Waals surface area contributed by atoms with Gasteiger partial charge in [0.05, 0.1) is 0 Å². The largest absolute Gasteiger partial charge is 0.550 e. The third-order valence-electron chi connectivity index (χ3n) is 8.76. The molecule has 324 valence electrons. The van der Waals surface area contributed by atoms with Crippen molar-refractivity contribution in [2.45, 2.75) is 129 Å². The minimum absolute atomic E-state index is 0. The van der Waals surface area contributed by atoms with Crippen LogP contribution in [-0.4, -0.2) is 35.8 Å². The number of carbonyl (C=O) groups is 6. The molecule has 0 bridgehead atoms. The van der Waals surface area contributed by atoms with Gasteiger partial charge in [0, 0.05) is 123 Å². The van der Waals surface area contributed by atoms with Crippen molar-refractivity contribution in [2.75, 3.05) is 0 Å². The second kappa shape index (κ2) is 40.1. The molecule has 0 amide bonds. The van der Waals surface area contributed by atoms with Gasteiger partial charge in [-0.25, -0.2) is 0 Å². The van der Waals surface area contributed by atoms with E-state index in [0.29, 0.717) is 24.7 Å². The van der Waals surface area contributed by atoms with Crippen LogP contribution in [0.4, 0.5) is 0 Å². The monoisotopic (exact) mass is 968 g/mol. The number of carboxylic acids is 6. The zero-order valence-electron chi connectivity index (χ0n) is 37.6. The molecule has 0 aliphatic heterocycles. The SMILES string of the molecule is CCC=CC(C)C(C(=O)[O-])C(C)C(=O)[O-].CCC=CC(C)C(C(=O)[O-])C(C)C(=O)[O-].CCC=CC(C)CC(C)(C)C(=O)[O-].CCC=CC(C)CC(C)C(=O)[O-].[Zn].[Zn].[Zn]. The number of aliphatic carboxylic acids is 6. The molecule has 0 heterocycles. The van der Waals surface area contributed by atoms with Gasteiger partial charge in [-0.15, -0.1) is 0 Å². The van der Waals surface area contributed by atoms with E-state index in [4.69, 9.17) is 0 Å². The molecule has 0 rings (SSSR count). The first-order valence-electron chi connectivity index (χ1n) is 19.2. The van der Waals surface area contributed by atoms with E-state index in [0.717, 1.165) is 25.7 Å². The maximum atomic E-state index is 10.8. The molecular formula is C43H68O12Zn3-6. The summed E-state index contributed by atoms with van der Waals surface area (Å²) in [5.41, 5.74) is -0.725. The zero-order chi connectivity index (χ0) is 44.1. The molecule has 0 N–H and O–H groups in total. The van der Waals surface area contributed by atoms with Gasteiger partial charge in [0.2, 0.25) is 0 Å². The Hall–Kier alpha value is -2.35. The van der Waals surface area contributed by atoms with Crippen LogP contribution in [0.2, 0.25) is 0 Å². The number of hydrogen-bond donors (Lipinski definition) is 0. The van der Waals surface area contributed by atoms with Crippen LogP contribution in [-0.2, 0) is 87.2 Å². The van der Waals surface area contributed by atoms with E-state index in [1.165, 1.54) is 13.8 Å². The van der Waals surface area contributed by atoms with E-state index in [1.54, 1.807) is 46.8 Å². The van der Waals surface area contributed by atoms with E-state index in [9.17, 15) is 59.4 Å². The van der Waals surface area contributed by atoms with Crippen LogP contribution in [0.1, 0.15) is 129 Å².